The van der Waals surface area contributed by atoms with Gasteiger partial charge in [-0.25, -0.2) is 4.98 Å². The summed E-state index contributed by atoms with van der Waals surface area (Å²) in [7, 11) is 0. The van der Waals surface area contributed by atoms with E-state index < -0.39 is 0 Å². The van der Waals surface area contributed by atoms with E-state index in [-0.39, 0.29) is 0 Å². The van der Waals surface area contributed by atoms with Crippen molar-refractivity contribution < 1.29 is 4.52 Å². The van der Waals surface area contributed by atoms with E-state index in [1.807, 2.05) is 62.4 Å². The van der Waals surface area contributed by atoms with E-state index in [2.05, 4.69) is 20.8 Å². The Hall–Kier alpha value is -2.74. The molecular formula is C26H25ClN4OS2. The second-order valence-electron chi connectivity index (χ2n) is 8.50. The predicted octanol–water partition coefficient (Wildman–Crippen LogP) is 7.31. The number of hydrogen-bond acceptors (Lipinski definition) is 5. The topological polar surface area (TPSA) is 54.2 Å². The van der Waals surface area contributed by atoms with Gasteiger partial charge in [-0.2, -0.15) is 0 Å². The molecule has 0 amide bonds. The van der Waals surface area contributed by atoms with Crippen LogP contribution in [-0.4, -0.2) is 33.2 Å². The summed E-state index contributed by atoms with van der Waals surface area (Å²) in [5, 5.41) is 12.5. The number of aryl methyl sites for hydroxylation is 1. The van der Waals surface area contributed by atoms with Crippen molar-refractivity contribution in [2.24, 2.45) is 0 Å². The van der Waals surface area contributed by atoms with E-state index in [0.717, 1.165) is 75.6 Å². The van der Waals surface area contributed by atoms with Crippen molar-refractivity contribution in [1.29, 1.82) is 0 Å². The van der Waals surface area contributed by atoms with Crippen molar-refractivity contribution in [3.63, 3.8) is 0 Å². The molecule has 1 aliphatic heterocycles. The lowest BCUT2D eigenvalue weighted by Crippen LogP contribution is -2.40. The van der Waals surface area contributed by atoms with Crippen molar-refractivity contribution >= 4 is 46.0 Å². The highest BCUT2D eigenvalue weighted by Gasteiger charge is 2.26. The van der Waals surface area contributed by atoms with Crippen LogP contribution in [0.4, 0.5) is 5.69 Å². The number of likely N-dealkylation sites (tertiary alicyclic amines) is 1. The molecule has 174 valence electrons. The maximum absolute atomic E-state index is 6.25. The number of rotatable bonds is 4. The molecule has 1 fully saturated rings. The van der Waals surface area contributed by atoms with Crippen LogP contribution in [-0.2, 0) is 0 Å². The summed E-state index contributed by atoms with van der Waals surface area (Å²) in [4.78, 5) is 7.25. The van der Waals surface area contributed by atoms with Crippen LogP contribution in [0.15, 0.2) is 58.4 Å². The van der Waals surface area contributed by atoms with Crippen molar-refractivity contribution in [2.75, 3.05) is 18.4 Å². The molecule has 0 spiro atoms. The Morgan fingerprint density at radius 2 is 1.88 bits per heavy atom. The molecule has 0 bridgehead atoms. The number of nitrogens with zero attached hydrogens (tertiary/aromatic N) is 3. The minimum absolute atomic E-state index is 0.422. The molecule has 0 aliphatic carbocycles. The molecule has 5 rings (SSSR count). The summed E-state index contributed by atoms with van der Waals surface area (Å²) in [5.41, 5.74) is 5.77. The smallest absolute Gasteiger partial charge is 0.173 e. The van der Waals surface area contributed by atoms with E-state index in [0.29, 0.717) is 5.92 Å². The van der Waals surface area contributed by atoms with Gasteiger partial charge in [0, 0.05) is 40.7 Å². The van der Waals surface area contributed by atoms with Gasteiger partial charge < -0.3 is 14.7 Å². The first kappa shape index (κ1) is 23.0. The van der Waals surface area contributed by atoms with Gasteiger partial charge in [-0.3, -0.25) is 0 Å². The summed E-state index contributed by atoms with van der Waals surface area (Å²) in [6.45, 7) is 5.74. The maximum Gasteiger partial charge on any atom is 0.173 e. The van der Waals surface area contributed by atoms with Crippen LogP contribution in [0.1, 0.15) is 35.1 Å². The number of benzene rings is 2. The zero-order valence-electron chi connectivity index (χ0n) is 19.0. The average molecular weight is 509 g/mol. The Bertz CT molecular complexity index is 1310. The van der Waals surface area contributed by atoms with Crippen LogP contribution in [0.2, 0.25) is 5.02 Å². The zero-order chi connectivity index (χ0) is 23.7. The fourth-order valence-electron chi connectivity index (χ4n) is 4.32. The molecule has 34 heavy (non-hydrogen) atoms. The molecule has 2 aromatic heterocycles. The van der Waals surface area contributed by atoms with E-state index in [1.165, 1.54) is 5.01 Å². The molecule has 0 atom stereocenters. The fourth-order valence-corrected chi connectivity index (χ4v) is 5.77. The van der Waals surface area contributed by atoms with Crippen LogP contribution in [0, 0.1) is 13.8 Å². The first-order chi connectivity index (χ1) is 16.5. The standard InChI is InChI=1S/C26H25ClN4OS2/c1-16-20(27)9-6-10-21(16)29-26(33)31-13-11-19(12-14-31)25-28-22(15-34-25)23-17(2)32-30-24(23)18-7-4-3-5-8-18/h3-10,15,19H,11-14H2,1-2H3,(H,29,33). The average Bonchev–Trinajstić information content (AvgIpc) is 3.49. The molecule has 5 nitrogen and oxygen atoms in total. The molecule has 4 aromatic rings. The molecular weight excluding hydrogens is 484 g/mol. The van der Waals surface area contributed by atoms with Crippen molar-refractivity contribution in [1.82, 2.24) is 15.0 Å². The van der Waals surface area contributed by atoms with Gasteiger partial charge in [0.2, 0.25) is 0 Å². The molecule has 2 aromatic carbocycles. The third-order valence-electron chi connectivity index (χ3n) is 6.33. The monoisotopic (exact) mass is 508 g/mol. The Morgan fingerprint density at radius 3 is 2.65 bits per heavy atom. The lowest BCUT2D eigenvalue weighted by atomic mass is 9.97. The van der Waals surface area contributed by atoms with E-state index >= 15 is 0 Å². The molecule has 1 N–H and O–H groups in total. The largest absolute Gasteiger partial charge is 0.360 e. The van der Waals surface area contributed by atoms with Gasteiger partial charge in [0.25, 0.3) is 0 Å². The maximum atomic E-state index is 6.25. The molecule has 3 heterocycles. The summed E-state index contributed by atoms with van der Waals surface area (Å²) in [6, 6.07) is 16.0. The Balaban J connectivity index is 1.26. The van der Waals surface area contributed by atoms with Gasteiger partial charge >= 0.3 is 0 Å². The van der Waals surface area contributed by atoms with E-state index in [9.17, 15) is 0 Å². The second kappa shape index (κ2) is 9.86. The van der Waals surface area contributed by atoms with Crippen LogP contribution in [0.3, 0.4) is 0 Å². The molecule has 0 saturated carbocycles. The van der Waals surface area contributed by atoms with Gasteiger partial charge in [-0.1, -0.05) is 53.2 Å². The number of aromatic nitrogens is 2. The SMILES string of the molecule is Cc1onc(-c2ccccc2)c1-c1csc(C2CCN(C(=S)Nc3cccc(Cl)c3C)CC2)n1. The van der Waals surface area contributed by atoms with Crippen LogP contribution >= 0.6 is 35.2 Å². The van der Waals surface area contributed by atoms with Crippen LogP contribution < -0.4 is 5.32 Å². The van der Waals surface area contributed by atoms with Gasteiger partial charge in [0.1, 0.15) is 11.5 Å². The third kappa shape index (κ3) is 4.60. The quantitative estimate of drug-likeness (QED) is 0.291. The fraction of sp³-hybridized carbons (Fsp3) is 0.269. The predicted molar refractivity (Wildman–Crippen MR) is 144 cm³/mol. The normalized spacial score (nSPS) is 14.4. The number of thiazole rings is 1. The summed E-state index contributed by atoms with van der Waals surface area (Å²) in [6.07, 6.45) is 2.02. The van der Waals surface area contributed by atoms with Crippen molar-refractivity contribution in [2.45, 2.75) is 32.6 Å². The van der Waals surface area contributed by atoms with Crippen molar-refractivity contribution in [3.05, 3.63) is 75.3 Å². The number of thiocarbonyl (C=S) groups is 1. The summed E-state index contributed by atoms with van der Waals surface area (Å²) in [5.74, 6) is 1.21. The minimum Gasteiger partial charge on any atom is -0.360 e. The van der Waals surface area contributed by atoms with Gasteiger partial charge in [0.05, 0.1) is 16.3 Å². The Kier molecular flexibility index (Phi) is 6.68. The highest BCUT2D eigenvalue weighted by molar-refractivity contribution is 7.80. The number of nitrogens with one attached hydrogen (secondary N) is 1. The number of halogens is 1. The minimum atomic E-state index is 0.422. The van der Waals surface area contributed by atoms with Gasteiger partial charge in [0.15, 0.2) is 5.11 Å². The van der Waals surface area contributed by atoms with Gasteiger partial charge in [-0.05, 0) is 56.6 Å². The highest BCUT2D eigenvalue weighted by Crippen LogP contribution is 2.38. The molecule has 1 aliphatic rings. The second-order valence-corrected chi connectivity index (χ2v) is 10.2. The first-order valence-electron chi connectivity index (χ1n) is 11.3. The Labute approximate surface area is 213 Å². The van der Waals surface area contributed by atoms with Gasteiger partial charge in [-0.15, -0.1) is 11.3 Å². The lowest BCUT2D eigenvalue weighted by Gasteiger charge is -2.33. The highest BCUT2D eigenvalue weighted by atomic mass is 35.5. The van der Waals surface area contributed by atoms with E-state index in [4.69, 9.17) is 33.3 Å². The summed E-state index contributed by atoms with van der Waals surface area (Å²) < 4.78 is 5.54. The van der Waals surface area contributed by atoms with E-state index in [1.54, 1.807) is 11.3 Å². The number of piperidine rings is 1. The van der Waals surface area contributed by atoms with Crippen LogP contribution in [0.5, 0.6) is 0 Å². The molecule has 0 radical (unpaired) electrons. The van der Waals surface area contributed by atoms with Crippen LogP contribution in [0.25, 0.3) is 22.5 Å². The molecule has 0 unspecified atom stereocenters. The van der Waals surface area contributed by atoms with Crippen molar-refractivity contribution in [3.8, 4) is 22.5 Å². The molecule has 1 saturated heterocycles. The lowest BCUT2D eigenvalue weighted by molar-refractivity contribution is 0.316. The molecule has 8 heteroatoms. The zero-order valence-corrected chi connectivity index (χ0v) is 21.4. The third-order valence-corrected chi connectivity index (χ3v) is 8.11. The Morgan fingerprint density at radius 1 is 1.12 bits per heavy atom. The first-order valence-corrected chi connectivity index (χ1v) is 13.0. The number of hydrogen-bond donors (Lipinski definition) is 1. The summed E-state index contributed by atoms with van der Waals surface area (Å²) >= 11 is 13.7. The number of anilines is 1.